The number of hydrogen-bond acceptors (Lipinski definition) is 2. The van der Waals surface area contributed by atoms with E-state index in [-0.39, 0.29) is 5.60 Å². The summed E-state index contributed by atoms with van der Waals surface area (Å²) in [6.07, 6.45) is 2.58. The lowest BCUT2D eigenvalue weighted by Gasteiger charge is -2.49. The molecule has 1 spiro atoms. The van der Waals surface area contributed by atoms with Gasteiger partial charge in [-0.15, -0.1) is 0 Å². The van der Waals surface area contributed by atoms with Crippen LogP contribution in [0.2, 0.25) is 0 Å². The molecule has 2 aliphatic rings. The molecule has 0 saturated carbocycles. The zero-order valence-electron chi connectivity index (χ0n) is 9.05. The van der Waals surface area contributed by atoms with Crippen molar-refractivity contribution < 1.29 is 4.74 Å². The first kappa shape index (κ1) is 9.47. The fraction of sp³-hybridized carbons (Fsp3) is 1.00. The van der Waals surface area contributed by atoms with E-state index in [0.717, 1.165) is 12.5 Å². The zero-order chi connectivity index (χ0) is 9.47. The van der Waals surface area contributed by atoms with Crippen molar-refractivity contribution in [2.45, 2.75) is 45.3 Å². The van der Waals surface area contributed by atoms with Crippen LogP contribution >= 0.6 is 0 Å². The Morgan fingerprint density at radius 2 is 2.15 bits per heavy atom. The van der Waals surface area contributed by atoms with E-state index in [1.54, 1.807) is 0 Å². The molecule has 2 fully saturated rings. The number of rotatable bonds is 2. The average Bonchev–Trinajstić information content (AvgIpc) is 2.44. The van der Waals surface area contributed by atoms with Crippen molar-refractivity contribution >= 4 is 0 Å². The van der Waals surface area contributed by atoms with Gasteiger partial charge >= 0.3 is 0 Å². The van der Waals surface area contributed by atoms with E-state index in [1.807, 2.05) is 0 Å². The highest BCUT2D eigenvalue weighted by molar-refractivity contribution is 5.02. The van der Waals surface area contributed by atoms with Crippen LogP contribution in [0.5, 0.6) is 0 Å². The van der Waals surface area contributed by atoms with Gasteiger partial charge in [-0.05, 0) is 26.2 Å². The lowest BCUT2D eigenvalue weighted by Crippen LogP contribution is -2.63. The van der Waals surface area contributed by atoms with Gasteiger partial charge in [0.05, 0.1) is 12.2 Å². The quantitative estimate of drug-likeness (QED) is 0.648. The van der Waals surface area contributed by atoms with Crippen molar-refractivity contribution in [1.29, 1.82) is 0 Å². The molecule has 13 heavy (non-hydrogen) atoms. The molecule has 1 unspecified atom stereocenters. The largest absolute Gasteiger partial charge is 0.372 e. The first-order valence-corrected chi connectivity index (χ1v) is 5.53. The maximum absolute atomic E-state index is 5.92. The van der Waals surface area contributed by atoms with Gasteiger partial charge in [0, 0.05) is 19.1 Å². The fourth-order valence-electron chi connectivity index (χ4n) is 2.48. The van der Waals surface area contributed by atoms with Crippen LogP contribution in [-0.4, -0.2) is 36.2 Å². The van der Waals surface area contributed by atoms with Crippen LogP contribution in [0, 0.1) is 5.92 Å². The molecule has 0 aromatic carbocycles. The predicted octanol–water partition coefficient (Wildman–Crippen LogP) is 1.90. The van der Waals surface area contributed by atoms with Crippen LogP contribution in [0.1, 0.15) is 33.6 Å². The summed E-state index contributed by atoms with van der Waals surface area (Å²) < 4.78 is 5.92. The number of ether oxygens (including phenoxy) is 1. The van der Waals surface area contributed by atoms with E-state index in [2.05, 4.69) is 25.7 Å². The standard InChI is InChI=1S/C11H21NO/c1-4-10-5-11(13-6-10)7-12(8-11)9(2)3/h9-10H,4-8H2,1-3H3. The molecule has 2 aliphatic heterocycles. The molecular weight excluding hydrogens is 162 g/mol. The molecule has 2 nitrogen and oxygen atoms in total. The van der Waals surface area contributed by atoms with E-state index < -0.39 is 0 Å². The Balaban J connectivity index is 1.84. The summed E-state index contributed by atoms with van der Waals surface area (Å²) in [6, 6.07) is 0.690. The molecule has 1 atom stereocenters. The number of likely N-dealkylation sites (tertiary alicyclic amines) is 1. The molecular formula is C11H21NO. The van der Waals surface area contributed by atoms with Gasteiger partial charge < -0.3 is 4.74 Å². The summed E-state index contributed by atoms with van der Waals surface area (Å²) in [4.78, 5) is 2.50. The van der Waals surface area contributed by atoms with E-state index in [9.17, 15) is 0 Å². The first-order valence-electron chi connectivity index (χ1n) is 5.53. The SMILES string of the molecule is CCC1COC2(C1)CN(C(C)C)C2. The van der Waals surface area contributed by atoms with E-state index in [1.165, 1.54) is 25.9 Å². The van der Waals surface area contributed by atoms with Gasteiger partial charge in [0.2, 0.25) is 0 Å². The first-order chi connectivity index (χ1) is 6.15. The predicted molar refractivity (Wildman–Crippen MR) is 53.8 cm³/mol. The monoisotopic (exact) mass is 183 g/mol. The highest BCUT2D eigenvalue weighted by Gasteiger charge is 2.49. The highest BCUT2D eigenvalue weighted by atomic mass is 16.5. The van der Waals surface area contributed by atoms with Gasteiger partial charge in [0.15, 0.2) is 0 Å². The molecule has 2 rings (SSSR count). The molecule has 0 aliphatic carbocycles. The molecule has 0 bridgehead atoms. The minimum Gasteiger partial charge on any atom is -0.372 e. The lowest BCUT2D eigenvalue weighted by atomic mass is 9.85. The second kappa shape index (κ2) is 3.25. The molecule has 0 amide bonds. The van der Waals surface area contributed by atoms with Gasteiger partial charge in [-0.25, -0.2) is 0 Å². The van der Waals surface area contributed by atoms with Crippen molar-refractivity contribution in [2.75, 3.05) is 19.7 Å². The number of hydrogen-bond donors (Lipinski definition) is 0. The van der Waals surface area contributed by atoms with Crippen LogP contribution in [0.3, 0.4) is 0 Å². The summed E-state index contributed by atoms with van der Waals surface area (Å²) in [5, 5.41) is 0. The minimum atomic E-state index is 0.269. The van der Waals surface area contributed by atoms with Crippen molar-refractivity contribution in [1.82, 2.24) is 4.90 Å². The normalized spacial score (nSPS) is 32.8. The van der Waals surface area contributed by atoms with Gasteiger partial charge in [-0.2, -0.15) is 0 Å². The maximum Gasteiger partial charge on any atom is 0.0938 e. The molecule has 2 saturated heterocycles. The summed E-state index contributed by atoms with van der Waals surface area (Å²) in [5.74, 6) is 0.828. The van der Waals surface area contributed by atoms with Crippen LogP contribution in [0.15, 0.2) is 0 Å². The summed E-state index contributed by atoms with van der Waals surface area (Å²) in [6.45, 7) is 10.1. The zero-order valence-corrected chi connectivity index (χ0v) is 9.05. The third kappa shape index (κ3) is 1.62. The smallest absolute Gasteiger partial charge is 0.0938 e. The van der Waals surface area contributed by atoms with Crippen LogP contribution in [-0.2, 0) is 4.74 Å². The molecule has 0 aromatic heterocycles. The Morgan fingerprint density at radius 3 is 2.62 bits per heavy atom. The Kier molecular flexibility index (Phi) is 2.37. The van der Waals surface area contributed by atoms with Crippen molar-refractivity contribution in [3.63, 3.8) is 0 Å². The minimum absolute atomic E-state index is 0.269. The number of nitrogens with zero attached hydrogens (tertiary/aromatic N) is 1. The van der Waals surface area contributed by atoms with E-state index >= 15 is 0 Å². The Labute approximate surface area is 81.3 Å². The van der Waals surface area contributed by atoms with Crippen molar-refractivity contribution in [2.24, 2.45) is 5.92 Å². The van der Waals surface area contributed by atoms with Gasteiger partial charge in [0.1, 0.15) is 0 Å². The Morgan fingerprint density at radius 1 is 1.46 bits per heavy atom. The van der Waals surface area contributed by atoms with E-state index in [4.69, 9.17) is 4.74 Å². The van der Waals surface area contributed by atoms with Gasteiger partial charge in [-0.1, -0.05) is 13.3 Å². The summed E-state index contributed by atoms with van der Waals surface area (Å²) in [5.41, 5.74) is 0.269. The van der Waals surface area contributed by atoms with Crippen LogP contribution < -0.4 is 0 Å². The average molecular weight is 183 g/mol. The molecule has 0 radical (unpaired) electrons. The Bertz CT molecular complexity index is 185. The summed E-state index contributed by atoms with van der Waals surface area (Å²) in [7, 11) is 0. The molecule has 2 heteroatoms. The fourth-order valence-corrected chi connectivity index (χ4v) is 2.48. The molecule has 0 aromatic rings. The van der Waals surface area contributed by atoms with Crippen molar-refractivity contribution in [3.05, 3.63) is 0 Å². The third-order valence-electron chi connectivity index (χ3n) is 3.58. The second-order valence-electron chi connectivity index (χ2n) is 4.97. The molecule has 76 valence electrons. The maximum atomic E-state index is 5.92. The Hall–Kier alpha value is -0.0800. The summed E-state index contributed by atoms with van der Waals surface area (Å²) >= 11 is 0. The molecule has 2 heterocycles. The van der Waals surface area contributed by atoms with Gasteiger partial charge in [-0.3, -0.25) is 4.90 Å². The van der Waals surface area contributed by atoms with Gasteiger partial charge in [0.25, 0.3) is 0 Å². The van der Waals surface area contributed by atoms with Crippen molar-refractivity contribution in [3.8, 4) is 0 Å². The van der Waals surface area contributed by atoms with Crippen LogP contribution in [0.4, 0.5) is 0 Å². The third-order valence-corrected chi connectivity index (χ3v) is 3.58. The molecule has 0 N–H and O–H groups in total. The highest BCUT2D eigenvalue weighted by Crippen LogP contribution is 2.39. The lowest BCUT2D eigenvalue weighted by molar-refractivity contribution is -0.121. The topological polar surface area (TPSA) is 12.5 Å². The van der Waals surface area contributed by atoms with E-state index in [0.29, 0.717) is 6.04 Å². The second-order valence-corrected chi connectivity index (χ2v) is 4.97. The van der Waals surface area contributed by atoms with Crippen LogP contribution in [0.25, 0.3) is 0 Å².